The van der Waals surface area contributed by atoms with Crippen LogP contribution in [0.5, 0.6) is 0 Å². The molecule has 21 heteroatoms. The minimum atomic E-state index is 0.145. The lowest BCUT2D eigenvalue weighted by Gasteiger charge is -2.35. The number of thiophene rings is 2. The number of nitrogens with two attached hydrogens (primary N) is 1. The average Bonchev–Trinajstić information content (AvgIpc) is 1.59. The Balaban J connectivity index is 0.617. The van der Waals surface area contributed by atoms with Crippen molar-refractivity contribution in [2.75, 3.05) is 46.0 Å². The van der Waals surface area contributed by atoms with Crippen LogP contribution in [0.1, 0.15) is 227 Å². The fourth-order valence-electron chi connectivity index (χ4n) is 20.7. The predicted molar refractivity (Wildman–Crippen MR) is 484 cm³/mol. The molecule has 544 valence electrons. The van der Waals surface area contributed by atoms with Crippen LogP contribution in [-0.2, 0) is 12.4 Å². The number of thioether (sulfide) groups is 16. The average molecular weight is 1700 g/mol. The van der Waals surface area contributed by atoms with Crippen molar-refractivity contribution in [1.29, 1.82) is 0 Å². The van der Waals surface area contributed by atoms with Gasteiger partial charge in [0, 0.05) is 151 Å². The lowest BCUT2D eigenvalue weighted by atomic mass is 9.81. The van der Waals surface area contributed by atoms with Gasteiger partial charge in [0.05, 0.1) is 5.69 Å². The molecule has 11 saturated heterocycles. The van der Waals surface area contributed by atoms with Crippen LogP contribution < -0.4 is 5.73 Å². The fourth-order valence-corrected chi connectivity index (χ4v) is 50.2. The first-order valence-electron chi connectivity index (χ1n) is 38.9. The van der Waals surface area contributed by atoms with E-state index in [0.29, 0.717) is 58.4 Å². The Hall–Kier alpha value is 2.74. The third-order valence-corrected chi connectivity index (χ3v) is 54.7. The Labute approximate surface area is 687 Å². The summed E-state index contributed by atoms with van der Waals surface area (Å²) in [5, 5.41) is 14.3. The molecule has 0 saturated carbocycles. The van der Waals surface area contributed by atoms with Gasteiger partial charge in [0.2, 0.25) is 0 Å². The SMILES string of the molecule is CC1(C2=C(C3CCC(C4CC(C5CCCS5)=C(C5CC=CS5)S4)S3)SC(c3ccc(C4CC(C5(C)CCC(C6CC(C7=CCCS7)=C(C7CCCS7)S6)S5)C(c5ccc(-c6cc(C7CCCS7)c(C7CCCS7)s6)s5)S4)c(N=S)c3N)C2)CCC(C2CC(C3CCCS3)C(C3CCCS3)S2)S1. The molecular weight excluding hydrogens is 1600 g/mol. The second-order valence-electron chi connectivity index (χ2n) is 32.0. The van der Waals surface area contributed by atoms with Crippen molar-refractivity contribution in [3.8, 4) is 9.75 Å². The Morgan fingerprint density at radius 3 is 2.01 bits per heavy atom. The van der Waals surface area contributed by atoms with Crippen LogP contribution in [0, 0.1) is 11.8 Å². The van der Waals surface area contributed by atoms with Gasteiger partial charge in [-0.3, -0.25) is 0 Å². The monoisotopic (exact) mass is 1700 g/mol. The first-order chi connectivity index (χ1) is 49.6. The lowest BCUT2D eigenvalue weighted by Crippen LogP contribution is -2.30. The van der Waals surface area contributed by atoms with E-state index in [1.54, 1.807) is 40.5 Å². The molecule has 2 nitrogen and oxygen atoms in total. The molecule has 101 heavy (non-hydrogen) atoms. The van der Waals surface area contributed by atoms with Gasteiger partial charge in [0.15, 0.2) is 0 Å². The highest BCUT2D eigenvalue weighted by Gasteiger charge is 2.56. The predicted octanol–water partition coefficient (Wildman–Crippen LogP) is 27.7. The smallest absolute Gasteiger partial charge is 0.104 e. The number of benzene rings is 1. The highest BCUT2D eigenvalue weighted by molar-refractivity contribution is 8.11. The molecule has 3 aromatic rings. The van der Waals surface area contributed by atoms with Crippen LogP contribution in [0.15, 0.2) is 88.6 Å². The van der Waals surface area contributed by atoms with Gasteiger partial charge < -0.3 is 5.73 Å². The van der Waals surface area contributed by atoms with Gasteiger partial charge >= 0.3 is 0 Å². The van der Waals surface area contributed by atoms with Gasteiger partial charge in [-0.1, -0.05) is 31.2 Å². The minimum Gasteiger partial charge on any atom is -0.397 e. The Kier molecular flexibility index (Phi) is 23.6. The number of nitrogens with zero attached hydrogens (tertiary/aromatic N) is 1. The number of hydrogen-bond donors (Lipinski definition) is 1. The fraction of sp³-hybridized carbons (Fsp3) is 0.700. The van der Waals surface area contributed by atoms with E-state index < -0.39 is 0 Å². The second kappa shape index (κ2) is 32.2. The Morgan fingerprint density at radius 2 is 1.26 bits per heavy atom. The highest BCUT2D eigenvalue weighted by atomic mass is 32.2. The summed E-state index contributed by atoms with van der Waals surface area (Å²) in [7, 11) is 0. The third-order valence-electron chi connectivity index (χ3n) is 25.8. The van der Waals surface area contributed by atoms with Crippen LogP contribution >= 0.6 is 211 Å². The zero-order chi connectivity index (χ0) is 67.5. The van der Waals surface area contributed by atoms with Gasteiger partial charge in [-0.2, -0.15) is 98.5 Å². The van der Waals surface area contributed by atoms with Crippen LogP contribution in [0.4, 0.5) is 11.4 Å². The molecule has 1 aromatic carbocycles. The molecule has 16 aliphatic heterocycles. The summed E-state index contributed by atoms with van der Waals surface area (Å²) in [6.07, 6.45) is 38.5. The van der Waals surface area contributed by atoms with Gasteiger partial charge in [-0.25, -0.2) is 0 Å². The van der Waals surface area contributed by atoms with Crippen molar-refractivity contribution in [3.05, 3.63) is 111 Å². The molecule has 0 radical (unpaired) electrons. The maximum Gasteiger partial charge on any atom is 0.104 e. The van der Waals surface area contributed by atoms with Gasteiger partial charge in [0.1, 0.15) is 5.69 Å². The topological polar surface area (TPSA) is 38.4 Å². The van der Waals surface area contributed by atoms with Crippen molar-refractivity contribution >= 4 is 235 Å². The molecule has 0 aliphatic carbocycles. The van der Waals surface area contributed by atoms with E-state index in [2.05, 4.69) is 273 Å². The van der Waals surface area contributed by atoms with Crippen molar-refractivity contribution < 1.29 is 0 Å². The third kappa shape index (κ3) is 14.8. The minimum absolute atomic E-state index is 0.145. The number of rotatable bonds is 19. The molecule has 19 rings (SSSR count). The Bertz CT molecular complexity index is 3640. The molecule has 22 unspecified atom stereocenters. The first kappa shape index (κ1) is 73.9. The quantitative estimate of drug-likeness (QED) is 0.116. The van der Waals surface area contributed by atoms with Crippen molar-refractivity contribution in [2.24, 2.45) is 16.2 Å². The molecule has 0 bridgehead atoms. The van der Waals surface area contributed by atoms with Gasteiger partial charge in [0.25, 0.3) is 0 Å². The van der Waals surface area contributed by atoms with E-state index in [-0.39, 0.29) is 20.0 Å². The maximum atomic E-state index is 7.89. The number of nitrogen functional groups attached to an aromatic ring is 1. The molecule has 22 atom stereocenters. The largest absolute Gasteiger partial charge is 0.397 e. The maximum absolute atomic E-state index is 7.89. The first-order valence-corrected chi connectivity index (χ1v) is 56.4. The van der Waals surface area contributed by atoms with Crippen LogP contribution in [0.3, 0.4) is 0 Å². The normalized spacial score (nSPS) is 41.9. The Morgan fingerprint density at radius 1 is 0.525 bits per heavy atom. The van der Waals surface area contributed by atoms with Crippen molar-refractivity contribution in [3.63, 3.8) is 0 Å². The highest BCUT2D eigenvalue weighted by Crippen LogP contribution is 2.71. The summed E-state index contributed by atoms with van der Waals surface area (Å²) in [5.74, 6) is 10.8. The molecule has 0 amide bonds. The molecule has 0 spiro atoms. The molecule has 18 heterocycles. The molecular formula is C80H100N2S19. The van der Waals surface area contributed by atoms with Gasteiger partial charge in [-0.05, 0) is 281 Å². The summed E-state index contributed by atoms with van der Waals surface area (Å²) >= 11 is 47.4. The molecule has 2 aromatic heterocycles. The van der Waals surface area contributed by atoms with Crippen LogP contribution in [-0.4, -0.2) is 118 Å². The van der Waals surface area contributed by atoms with Gasteiger partial charge in [-0.15, -0.1) is 117 Å². The number of allylic oxidation sites excluding steroid dienone is 3. The standard InChI is InChI=1S/C80H100N2S19/c1-79(27-25-57(100-79)69-39-47(53-13-5-31-86-53)75(98-69)61-17-9-35-90-61)49-41-65(94-77(49)63-23-21-55(92-63)67-37-45(51-11-3-29-84-51)73(96-67)59-15-7-33-88-59)43-19-20-44(72(82-83)71(43)81)66-42-50(80(2)28-26-58(101-80)70-40-48(54-14-6-32-87-54)76(99-70)62-18-10-36-91-62)78(95-66)64-24-22-56(93-64)68-38-46(52-12-4-30-85-52)74(97-68)60-16-8-34-89-60/h7,14,19-20,22,24,33,38,47,50-53,55,57-63,65-67,69-70,75,78H,3-6,8-13,15-18,21,23,25-32,34-37,39-42,81H2,1-2H3. The van der Waals surface area contributed by atoms with E-state index in [1.165, 1.54) is 209 Å². The van der Waals surface area contributed by atoms with E-state index in [4.69, 9.17) is 22.5 Å². The van der Waals surface area contributed by atoms with E-state index in [0.717, 1.165) is 61.6 Å². The second-order valence-corrected chi connectivity index (χ2v) is 56.1. The lowest BCUT2D eigenvalue weighted by molar-refractivity contribution is 0.373. The summed E-state index contributed by atoms with van der Waals surface area (Å²) in [5.41, 5.74) is 19.4. The number of anilines is 1. The van der Waals surface area contributed by atoms with Crippen LogP contribution in [0.2, 0.25) is 0 Å². The van der Waals surface area contributed by atoms with Crippen molar-refractivity contribution in [1.82, 2.24) is 0 Å². The van der Waals surface area contributed by atoms with E-state index >= 15 is 0 Å². The number of hydrogen-bond acceptors (Lipinski definition) is 21. The molecule has 11 fully saturated rings. The zero-order valence-electron chi connectivity index (χ0n) is 58.6. The zero-order valence-corrected chi connectivity index (χ0v) is 74.1. The van der Waals surface area contributed by atoms with E-state index in [1.807, 2.05) is 11.1 Å². The summed E-state index contributed by atoms with van der Waals surface area (Å²) < 4.78 is 5.29. The summed E-state index contributed by atoms with van der Waals surface area (Å²) in [6, 6.07) is 12.9. The van der Waals surface area contributed by atoms with Crippen molar-refractivity contribution in [2.45, 2.75) is 278 Å². The molecule has 16 aliphatic rings. The summed E-state index contributed by atoms with van der Waals surface area (Å²) in [4.78, 5) is 13.3. The molecule has 2 N–H and O–H groups in total. The van der Waals surface area contributed by atoms with E-state index in [9.17, 15) is 0 Å². The van der Waals surface area contributed by atoms with Crippen LogP contribution in [0.25, 0.3) is 9.75 Å². The summed E-state index contributed by atoms with van der Waals surface area (Å²) in [6.45, 7) is 5.48.